The average Bonchev–Trinajstić information content (AvgIpc) is 3.50. The number of nitrogens with zero attached hydrogens (tertiary/aromatic N) is 2. The maximum Gasteiger partial charge on any atom is 0.270 e. The Kier molecular flexibility index (Phi) is 9.28. The van der Waals surface area contributed by atoms with Gasteiger partial charge in [0, 0.05) is 18.0 Å². The van der Waals surface area contributed by atoms with Gasteiger partial charge in [-0.3, -0.25) is 14.6 Å². The number of hydrogen-bond donors (Lipinski definition) is 2. The molecule has 1 aromatic heterocycles. The van der Waals surface area contributed by atoms with E-state index in [4.69, 9.17) is 15.2 Å². The topological polar surface area (TPSA) is 116 Å². The molecule has 1 fully saturated rings. The van der Waals surface area contributed by atoms with Gasteiger partial charge in [-0.25, -0.2) is 0 Å². The first-order valence-electron chi connectivity index (χ1n) is 15.1. The summed E-state index contributed by atoms with van der Waals surface area (Å²) in [7, 11) is 0. The molecule has 1 heterocycles. The fourth-order valence-corrected chi connectivity index (χ4v) is 5.29. The predicted octanol–water partition coefficient (Wildman–Crippen LogP) is 6.89. The van der Waals surface area contributed by atoms with Gasteiger partial charge >= 0.3 is 0 Å². The molecule has 5 rings (SSSR count). The number of fused-ring (bicyclic) bond motifs is 1. The van der Waals surface area contributed by atoms with Gasteiger partial charge in [0.2, 0.25) is 0 Å². The van der Waals surface area contributed by atoms with Crippen LogP contribution in [0.5, 0.6) is 17.2 Å². The largest absolute Gasteiger partial charge is 0.490 e. The third-order valence-corrected chi connectivity index (χ3v) is 7.74. The summed E-state index contributed by atoms with van der Waals surface area (Å²) in [5.41, 5.74) is 8.01. The Hall–Kier alpha value is -4.72. The second kappa shape index (κ2) is 13.3. The van der Waals surface area contributed by atoms with E-state index in [0.717, 1.165) is 40.7 Å². The Morgan fingerprint density at radius 3 is 2.25 bits per heavy atom. The number of hydrogen-bond acceptors (Lipinski definition) is 5. The number of pyridine rings is 1. The lowest BCUT2D eigenvalue weighted by molar-refractivity contribution is -0.119. The van der Waals surface area contributed by atoms with Gasteiger partial charge < -0.3 is 20.5 Å². The number of ether oxygens (including phenoxy) is 2. The molecule has 0 aliphatic heterocycles. The van der Waals surface area contributed by atoms with Crippen LogP contribution in [0.4, 0.5) is 0 Å². The highest BCUT2D eigenvalue weighted by molar-refractivity contribution is 6.01. The smallest absolute Gasteiger partial charge is 0.270 e. The van der Waals surface area contributed by atoms with Gasteiger partial charge in [0.25, 0.3) is 11.8 Å². The van der Waals surface area contributed by atoms with Gasteiger partial charge in [0.05, 0.1) is 11.9 Å². The van der Waals surface area contributed by atoms with E-state index in [1.54, 1.807) is 12.3 Å². The summed E-state index contributed by atoms with van der Waals surface area (Å²) < 4.78 is 12.2. The Labute approximate surface area is 258 Å². The molecule has 2 amide bonds. The molecule has 0 unspecified atom stereocenters. The first-order chi connectivity index (χ1) is 21.0. The summed E-state index contributed by atoms with van der Waals surface area (Å²) in [6, 6.07) is 22.0. The maximum atomic E-state index is 13.4. The van der Waals surface area contributed by atoms with Crippen LogP contribution in [-0.4, -0.2) is 34.8 Å². The molecule has 228 valence electrons. The number of nitrogens with two attached hydrogens (primary N) is 1. The second-order valence-corrected chi connectivity index (χ2v) is 12.4. The molecule has 44 heavy (non-hydrogen) atoms. The number of benzene rings is 3. The molecule has 0 bridgehead atoms. The Morgan fingerprint density at radius 2 is 1.59 bits per heavy atom. The SMILES string of the molecule is CC(N)=NC(=O)[C@H](Cc1ccc(OC2CCCC2)cc1)NC(=O)c1cc2cc(Oc3ccc(C(C)(C)C)cc3)ccc2cn1. The van der Waals surface area contributed by atoms with E-state index >= 15 is 0 Å². The number of amides is 2. The summed E-state index contributed by atoms with van der Waals surface area (Å²) in [5.74, 6) is 1.27. The molecular formula is C36H40N4O4. The first kappa shape index (κ1) is 30.7. The van der Waals surface area contributed by atoms with Crippen molar-refractivity contribution in [3.63, 3.8) is 0 Å². The fraction of sp³-hybridized carbons (Fsp3) is 0.333. The van der Waals surface area contributed by atoms with Crippen LogP contribution in [0.3, 0.4) is 0 Å². The zero-order valence-electron chi connectivity index (χ0n) is 25.8. The third kappa shape index (κ3) is 8.01. The van der Waals surface area contributed by atoms with Crippen molar-refractivity contribution in [1.82, 2.24) is 10.3 Å². The van der Waals surface area contributed by atoms with Crippen LogP contribution < -0.4 is 20.5 Å². The molecule has 1 saturated carbocycles. The van der Waals surface area contributed by atoms with Gasteiger partial charge in [-0.05, 0) is 103 Å². The van der Waals surface area contributed by atoms with Crippen molar-refractivity contribution in [2.45, 2.75) is 77.4 Å². The Balaban J connectivity index is 1.30. The highest BCUT2D eigenvalue weighted by atomic mass is 16.5. The van der Waals surface area contributed by atoms with Crippen molar-refractivity contribution in [2.24, 2.45) is 10.7 Å². The van der Waals surface area contributed by atoms with Gasteiger partial charge in [0.1, 0.15) is 29.0 Å². The second-order valence-electron chi connectivity index (χ2n) is 12.4. The van der Waals surface area contributed by atoms with E-state index in [9.17, 15) is 9.59 Å². The number of amidine groups is 1. The van der Waals surface area contributed by atoms with E-state index < -0.39 is 17.9 Å². The molecule has 3 aromatic carbocycles. The van der Waals surface area contributed by atoms with E-state index in [2.05, 4.69) is 48.2 Å². The van der Waals surface area contributed by atoms with Gasteiger partial charge in [-0.1, -0.05) is 45.0 Å². The number of aromatic nitrogens is 1. The van der Waals surface area contributed by atoms with Crippen LogP contribution in [0.2, 0.25) is 0 Å². The van der Waals surface area contributed by atoms with Crippen molar-refractivity contribution in [3.8, 4) is 17.2 Å². The van der Waals surface area contributed by atoms with Crippen LogP contribution in [0.25, 0.3) is 10.8 Å². The molecule has 4 aromatic rings. The van der Waals surface area contributed by atoms with Crippen molar-refractivity contribution < 1.29 is 19.1 Å². The fourth-order valence-electron chi connectivity index (χ4n) is 5.29. The summed E-state index contributed by atoms with van der Waals surface area (Å²) in [4.78, 5) is 34.6. The summed E-state index contributed by atoms with van der Waals surface area (Å²) in [6.07, 6.45) is 6.67. The van der Waals surface area contributed by atoms with Gasteiger partial charge in [0.15, 0.2) is 0 Å². The molecule has 1 atom stereocenters. The minimum atomic E-state index is -0.925. The zero-order chi connectivity index (χ0) is 31.3. The number of rotatable bonds is 9. The highest BCUT2D eigenvalue weighted by Gasteiger charge is 2.23. The third-order valence-electron chi connectivity index (χ3n) is 7.74. The minimum Gasteiger partial charge on any atom is -0.490 e. The molecule has 1 aliphatic carbocycles. The first-order valence-corrected chi connectivity index (χ1v) is 15.1. The van der Waals surface area contributed by atoms with E-state index in [1.807, 2.05) is 54.6 Å². The average molecular weight is 593 g/mol. The summed E-state index contributed by atoms with van der Waals surface area (Å²) in [6.45, 7) is 8.05. The van der Waals surface area contributed by atoms with Gasteiger partial charge in [-0.15, -0.1) is 0 Å². The summed E-state index contributed by atoms with van der Waals surface area (Å²) in [5, 5.41) is 4.46. The van der Waals surface area contributed by atoms with E-state index in [-0.39, 0.29) is 29.5 Å². The molecule has 1 aliphatic rings. The van der Waals surface area contributed by atoms with Crippen molar-refractivity contribution >= 4 is 28.4 Å². The molecule has 3 N–H and O–H groups in total. The lowest BCUT2D eigenvalue weighted by Gasteiger charge is -2.19. The quantitative estimate of drug-likeness (QED) is 0.162. The minimum absolute atomic E-state index is 0.0543. The predicted molar refractivity (Wildman–Crippen MR) is 174 cm³/mol. The van der Waals surface area contributed by atoms with Crippen LogP contribution in [0.1, 0.15) is 75.0 Å². The van der Waals surface area contributed by atoms with Crippen molar-refractivity contribution in [3.05, 3.63) is 95.8 Å². The van der Waals surface area contributed by atoms with Crippen molar-refractivity contribution in [1.29, 1.82) is 0 Å². The normalized spacial score (nSPS) is 14.8. The molecule has 8 heteroatoms. The van der Waals surface area contributed by atoms with Crippen LogP contribution in [0, 0.1) is 0 Å². The van der Waals surface area contributed by atoms with E-state index in [1.165, 1.54) is 25.3 Å². The number of carbonyl (C=O) groups excluding carboxylic acids is 2. The zero-order valence-corrected chi connectivity index (χ0v) is 25.8. The molecule has 0 spiro atoms. The standard InChI is InChI=1S/C36H40N4O4/c1-23(37)39-35(42)33(19-24-9-14-29(15-10-24)43-28-7-5-6-8-28)40-34(41)32-21-26-20-31(16-11-25(26)22-38-32)44-30-17-12-27(13-18-30)36(2,3)4/h9-18,20-22,28,33H,5-8,19H2,1-4H3,(H,40,41)(H2,37,39,42)/t33-/m0/s1. The summed E-state index contributed by atoms with van der Waals surface area (Å²) >= 11 is 0. The highest BCUT2D eigenvalue weighted by Crippen LogP contribution is 2.29. The van der Waals surface area contributed by atoms with Gasteiger partial charge in [-0.2, -0.15) is 4.99 Å². The number of aliphatic imine (C=N–C) groups is 1. The van der Waals surface area contributed by atoms with Crippen LogP contribution >= 0.6 is 0 Å². The molecule has 8 nitrogen and oxygen atoms in total. The van der Waals surface area contributed by atoms with E-state index in [0.29, 0.717) is 5.75 Å². The maximum absolute atomic E-state index is 13.4. The monoisotopic (exact) mass is 592 g/mol. The lowest BCUT2D eigenvalue weighted by atomic mass is 9.87. The Morgan fingerprint density at radius 1 is 0.932 bits per heavy atom. The Bertz CT molecular complexity index is 1650. The van der Waals surface area contributed by atoms with Crippen molar-refractivity contribution in [2.75, 3.05) is 0 Å². The lowest BCUT2D eigenvalue weighted by Crippen LogP contribution is -2.42. The molecular weight excluding hydrogens is 552 g/mol. The molecule has 0 radical (unpaired) electrons. The molecule has 0 saturated heterocycles. The van der Waals surface area contributed by atoms with Crippen LogP contribution in [0.15, 0.2) is 84.0 Å². The number of nitrogens with one attached hydrogen (secondary N) is 1. The number of carbonyl (C=O) groups is 2. The van der Waals surface area contributed by atoms with Crippen LogP contribution in [-0.2, 0) is 16.6 Å².